The van der Waals surface area contributed by atoms with Gasteiger partial charge in [0.15, 0.2) is 0 Å². The molecule has 0 aliphatic carbocycles. The minimum absolute atomic E-state index is 0.0420. The lowest BCUT2D eigenvalue weighted by Crippen LogP contribution is -2.40. The summed E-state index contributed by atoms with van der Waals surface area (Å²) in [5.74, 6) is -3.68. The lowest BCUT2D eigenvalue weighted by atomic mass is 10.1. The molecule has 0 amide bonds. The second-order valence-electron chi connectivity index (χ2n) is 4.32. The van der Waals surface area contributed by atoms with Gasteiger partial charge >= 0.3 is 0 Å². The number of nitrogens with one attached hydrogen (secondary N) is 1. The molecule has 0 spiro atoms. The summed E-state index contributed by atoms with van der Waals surface area (Å²) in [6, 6.07) is 4.27. The van der Waals surface area contributed by atoms with Gasteiger partial charge in [-0.25, -0.2) is 13.2 Å². The smallest absolute Gasteiger partial charge is 0.282 e. The maximum atomic E-state index is 13.6. The number of aliphatic hydroxyl groups is 1. The van der Waals surface area contributed by atoms with E-state index in [1.54, 1.807) is 19.1 Å². The van der Waals surface area contributed by atoms with Gasteiger partial charge in [-0.05, 0) is 25.0 Å². The molecule has 0 radical (unpaired) electrons. The number of hydrogen-bond acceptors (Lipinski definition) is 3. The average Bonchev–Trinajstić information content (AvgIpc) is 2.33. The maximum absolute atomic E-state index is 13.6. The largest absolute Gasteiger partial charge is 0.396 e. The van der Waals surface area contributed by atoms with Crippen LogP contribution < -0.4 is 11.1 Å². The quantitative estimate of drug-likeness (QED) is 0.682. The van der Waals surface area contributed by atoms with Crippen LogP contribution in [0.3, 0.4) is 0 Å². The summed E-state index contributed by atoms with van der Waals surface area (Å²) in [6.45, 7) is -0.190. The Morgan fingerprint density at radius 1 is 1.44 bits per heavy atom. The molecular weight excluding hydrogens is 245 g/mol. The molecule has 0 aliphatic rings. The van der Waals surface area contributed by atoms with Crippen molar-refractivity contribution < 1.29 is 18.3 Å². The van der Waals surface area contributed by atoms with E-state index >= 15 is 0 Å². The van der Waals surface area contributed by atoms with Crippen molar-refractivity contribution in [1.82, 2.24) is 5.32 Å². The van der Waals surface area contributed by atoms with Crippen LogP contribution in [0.25, 0.3) is 0 Å². The van der Waals surface area contributed by atoms with Crippen molar-refractivity contribution in [2.75, 3.05) is 18.9 Å². The van der Waals surface area contributed by atoms with Gasteiger partial charge in [-0.15, -0.1) is 0 Å². The lowest BCUT2D eigenvalue weighted by molar-refractivity contribution is -0.0490. The zero-order valence-electron chi connectivity index (χ0n) is 10.1. The number of nitrogen functional groups attached to an aromatic ring is 1. The fourth-order valence-corrected chi connectivity index (χ4v) is 1.54. The normalized spacial score (nSPS) is 13.6. The molecule has 1 unspecified atom stereocenters. The Morgan fingerprint density at radius 3 is 2.72 bits per heavy atom. The molecule has 0 aromatic heterocycles. The van der Waals surface area contributed by atoms with Crippen LogP contribution in [-0.2, 0) is 6.42 Å². The van der Waals surface area contributed by atoms with Gasteiger partial charge in [0.1, 0.15) is 12.4 Å². The molecule has 0 bridgehead atoms. The fourth-order valence-electron chi connectivity index (χ4n) is 1.54. The standard InChI is InChI=1S/C12H17F3N2O/c1-8(17-6-12(14,15)7-18)5-9-3-2-4-10(16)11(9)13/h2-4,8,17-18H,5-7,16H2,1H3. The maximum Gasteiger partial charge on any atom is 0.282 e. The molecule has 0 fully saturated rings. The number of aliphatic hydroxyl groups excluding tert-OH is 1. The molecule has 4 N–H and O–H groups in total. The predicted octanol–water partition coefficient (Wildman–Crippen LogP) is 1.56. The van der Waals surface area contributed by atoms with Crippen LogP contribution in [0.4, 0.5) is 18.9 Å². The molecule has 1 rings (SSSR count). The minimum Gasteiger partial charge on any atom is -0.396 e. The number of rotatable bonds is 6. The first-order valence-corrected chi connectivity index (χ1v) is 5.60. The van der Waals surface area contributed by atoms with E-state index in [1.165, 1.54) is 6.07 Å². The summed E-state index contributed by atoms with van der Waals surface area (Å²) in [7, 11) is 0. The molecule has 0 saturated heterocycles. The van der Waals surface area contributed by atoms with Crippen LogP contribution in [0, 0.1) is 5.82 Å². The van der Waals surface area contributed by atoms with Crippen LogP contribution in [0.15, 0.2) is 18.2 Å². The molecule has 3 nitrogen and oxygen atoms in total. The third-order valence-electron chi connectivity index (χ3n) is 2.58. The topological polar surface area (TPSA) is 58.3 Å². The molecule has 102 valence electrons. The number of nitrogens with two attached hydrogens (primary N) is 1. The monoisotopic (exact) mass is 262 g/mol. The summed E-state index contributed by atoms with van der Waals surface area (Å²) in [6.07, 6.45) is 0.248. The molecule has 0 aliphatic heterocycles. The number of hydrogen-bond donors (Lipinski definition) is 3. The van der Waals surface area contributed by atoms with Gasteiger partial charge in [-0.1, -0.05) is 12.1 Å². The van der Waals surface area contributed by atoms with Gasteiger partial charge in [0, 0.05) is 6.04 Å². The number of alkyl halides is 2. The predicted molar refractivity (Wildman–Crippen MR) is 64.0 cm³/mol. The van der Waals surface area contributed by atoms with Gasteiger partial charge < -0.3 is 16.2 Å². The van der Waals surface area contributed by atoms with E-state index in [0.717, 1.165) is 0 Å². The molecule has 1 aromatic rings. The second-order valence-corrected chi connectivity index (χ2v) is 4.32. The zero-order chi connectivity index (χ0) is 13.8. The third kappa shape index (κ3) is 4.19. The SMILES string of the molecule is CC(Cc1cccc(N)c1F)NCC(F)(F)CO. The highest BCUT2D eigenvalue weighted by atomic mass is 19.3. The van der Waals surface area contributed by atoms with Crippen LogP contribution in [-0.4, -0.2) is 30.2 Å². The van der Waals surface area contributed by atoms with Gasteiger partial charge in [0.2, 0.25) is 0 Å². The van der Waals surface area contributed by atoms with Crippen molar-refractivity contribution in [1.29, 1.82) is 0 Å². The summed E-state index contributed by atoms with van der Waals surface area (Å²) in [4.78, 5) is 0. The Morgan fingerprint density at radius 2 is 2.11 bits per heavy atom. The summed E-state index contributed by atoms with van der Waals surface area (Å²) in [5.41, 5.74) is 5.83. The van der Waals surface area contributed by atoms with E-state index in [9.17, 15) is 13.2 Å². The van der Waals surface area contributed by atoms with Crippen molar-refractivity contribution in [3.05, 3.63) is 29.6 Å². The highest BCUT2D eigenvalue weighted by Crippen LogP contribution is 2.16. The van der Waals surface area contributed by atoms with Gasteiger partial charge in [0.25, 0.3) is 5.92 Å². The molecule has 0 heterocycles. The Labute approximate surface area is 104 Å². The van der Waals surface area contributed by atoms with Gasteiger partial charge in [0.05, 0.1) is 12.2 Å². The fraction of sp³-hybridized carbons (Fsp3) is 0.500. The summed E-state index contributed by atoms with van der Waals surface area (Å²) < 4.78 is 39.1. The summed E-state index contributed by atoms with van der Waals surface area (Å²) in [5, 5.41) is 11.0. The van der Waals surface area contributed by atoms with Crippen molar-refractivity contribution in [3.8, 4) is 0 Å². The van der Waals surface area contributed by atoms with E-state index in [0.29, 0.717) is 5.56 Å². The van der Waals surface area contributed by atoms with Crippen molar-refractivity contribution in [2.45, 2.75) is 25.3 Å². The van der Waals surface area contributed by atoms with E-state index in [4.69, 9.17) is 10.8 Å². The first-order valence-electron chi connectivity index (χ1n) is 5.60. The van der Waals surface area contributed by atoms with Crippen molar-refractivity contribution in [2.24, 2.45) is 0 Å². The minimum atomic E-state index is -3.16. The van der Waals surface area contributed by atoms with Crippen LogP contribution in [0.1, 0.15) is 12.5 Å². The molecule has 18 heavy (non-hydrogen) atoms. The zero-order valence-corrected chi connectivity index (χ0v) is 10.1. The highest BCUT2D eigenvalue weighted by Gasteiger charge is 2.27. The Balaban J connectivity index is 2.55. The average molecular weight is 262 g/mol. The van der Waals surface area contributed by atoms with Gasteiger partial charge in [-0.3, -0.25) is 0 Å². The van der Waals surface area contributed by atoms with Crippen LogP contribution in [0.5, 0.6) is 0 Å². The number of halogens is 3. The van der Waals surface area contributed by atoms with E-state index in [1.807, 2.05) is 0 Å². The lowest BCUT2D eigenvalue weighted by Gasteiger charge is -2.19. The number of anilines is 1. The van der Waals surface area contributed by atoms with Gasteiger partial charge in [-0.2, -0.15) is 0 Å². The molecule has 1 aromatic carbocycles. The Kier molecular flexibility index (Phi) is 4.98. The molecule has 1 atom stereocenters. The first kappa shape index (κ1) is 14.8. The Bertz CT molecular complexity index is 399. The van der Waals surface area contributed by atoms with E-state index in [2.05, 4.69) is 5.32 Å². The molecular formula is C12H17F3N2O. The van der Waals surface area contributed by atoms with Crippen molar-refractivity contribution >= 4 is 5.69 Å². The number of benzene rings is 1. The second kappa shape index (κ2) is 6.06. The van der Waals surface area contributed by atoms with E-state index < -0.39 is 24.9 Å². The highest BCUT2D eigenvalue weighted by molar-refractivity contribution is 5.43. The van der Waals surface area contributed by atoms with E-state index in [-0.39, 0.29) is 18.2 Å². The first-order chi connectivity index (χ1) is 8.35. The Hall–Kier alpha value is -1.27. The molecule has 0 saturated carbocycles. The third-order valence-corrected chi connectivity index (χ3v) is 2.58. The van der Waals surface area contributed by atoms with Crippen molar-refractivity contribution in [3.63, 3.8) is 0 Å². The van der Waals surface area contributed by atoms with Crippen LogP contribution >= 0.6 is 0 Å². The summed E-state index contributed by atoms with van der Waals surface area (Å²) >= 11 is 0. The van der Waals surface area contributed by atoms with Crippen LogP contribution in [0.2, 0.25) is 0 Å². The molecule has 6 heteroatoms.